The van der Waals surface area contributed by atoms with Gasteiger partial charge in [0.25, 0.3) is 0 Å². The van der Waals surface area contributed by atoms with Crippen molar-refractivity contribution in [3.05, 3.63) is 24.3 Å². The first-order chi connectivity index (χ1) is 11.3. The molecule has 0 saturated carbocycles. The predicted molar refractivity (Wildman–Crippen MR) is 86.7 cm³/mol. The molecule has 0 rings (SSSR count). The minimum Gasteiger partial charge on any atom is -0.477 e. The second-order valence-electron chi connectivity index (χ2n) is 4.36. The van der Waals surface area contributed by atoms with Gasteiger partial charge in [0.05, 0.1) is 0 Å². The normalized spacial score (nSPS) is 8.17. The van der Waals surface area contributed by atoms with Crippen LogP contribution in [0.25, 0.3) is 0 Å². The van der Waals surface area contributed by atoms with Gasteiger partial charge in [-0.1, -0.05) is 38.8 Å². The molecule has 8 heteroatoms. The zero-order valence-corrected chi connectivity index (χ0v) is 13.6. The van der Waals surface area contributed by atoms with Crippen LogP contribution < -0.4 is 0 Å². The standard InChI is InChI=1S/C8H18O2.2C4H3NO2/c9-7-5-3-1-2-4-6-8-10;2*1-3(2-5)4(6)7/h9-10H,1-8H2;2*1H2,(H,6,7). The lowest BCUT2D eigenvalue weighted by atomic mass is 10.1. The number of unbranched alkanes of at least 4 members (excludes halogenated alkanes) is 5. The second kappa shape index (κ2) is 20.3. The zero-order chi connectivity index (χ0) is 19.4. The molecule has 0 aromatic carbocycles. The minimum atomic E-state index is -1.26. The molecule has 0 aliphatic heterocycles. The van der Waals surface area contributed by atoms with Crippen molar-refractivity contribution in [1.82, 2.24) is 0 Å². The average molecular weight is 340 g/mol. The summed E-state index contributed by atoms with van der Waals surface area (Å²) in [4.78, 5) is 19.2. The first-order valence-corrected chi connectivity index (χ1v) is 7.14. The third-order valence-corrected chi connectivity index (χ3v) is 2.35. The van der Waals surface area contributed by atoms with Crippen LogP contribution in [0.2, 0.25) is 0 Å². The van der Waals surface area contributed by atoms with E-state index in [1.807, 2.05) is 0 Å². The van der Waals surface area contributed by atoms with E-state index in [-0.39, 0.29) is 0 Å². The Morgan fingerprint density at radius 2 is 0.958 bits per heavy atom. The molecule has 0 heterocycles. The predicted octanol–water partition coefficient (Wildman–Crippen LogP) is 1.61. The van der Waals surface area contributed by atoms with Crippen molar-refractivity contribution >= 4 is 11.9 Å². The number of aliphatic hydroxyl groups is 2. The molecule has 8 nitrogen and oxygen atoms in total. The van der Waals surface area contributed by atoms with Crippen LogP contribution in [0.4, 0.5) is 0 Å². The fraction of sp³-hybridized carbons (Fsp3) is 0.500. The average Bonchev–Trinajstić information content (AvgIpc) is 2.57. The molecule has 0 fully saturated rings. The first kappa shape index (κ1) is 26.2. The minimum absolute atomic E-state index is 0.319. The van der Waals surface area contributed by atoms with Crippen molar-refractivity contribution in [3.63, 3.8) is 0 Å². The molecule has 0 unspecified atom stereocenters. The number of hydrogen-bond donors (Lipinski definition) is 4. The summed E-state index contributed by atoms with van der Waals surface area (Å²) in [6.07, 6.45) is 6.50. The Bertz CT molecular complexity index is 430. The Kier molecular flexibility index (Phi) is 22.2. The van der Waals surface area contributed by atoms with E-state index in [0.717, 1.165) is 25.7 Å². The Morgan fingerprint density at radius 1 is 0.708 bits per heavy atom. The molecule has 134 valence electrons. The highest BCUT2D eigenvalue weighted by atomic mass is 16.4. The Labute approximate surface area is 141 Å². The maximum Gasteiger partial charge on any atom is 0.345 e. The van der Waals surface area contributed by atoms with Gasteiger partial charge in [0, 0.05) is 13.2 Å². The number of aliphatic carboxylic acids is 2. The largest absolute Gasteiger partial charge is 0.477 e. The molecule has 0 atom stereocenters. The number of carbonyl (C=O) groups is 2. The Hall–Kier alpha value is -2.68. The highest BCUT2D eigenvalue weighted by molar-refractivity contribution is 5.90. The molecule has 4 N–H and O–H groups in total. The number of rotatable bonds is 9. The van der Waals surface area contributed by atoms with Gasteiger partial charge in [-0.25, -0.2) is 9.59 Å². The molecule has 0 aliphatic carbocycles. The lowest BCUT2D eigenvalue weighted by Gasteiger charge is -1.97. The van der Waals surface area contributed by atoms with Crippen LogP contribution in [-0.4, -0.2) is 45.6 Å². The van der Waals surface area contributed by atoms with Crippen LogP contribution in [-0.2, 0) is 9.59 Å². The summed E-state index contributed by atoms with van der Waals surface area (Å²) in [6.45, 7) is 6.46. The van der Waals surface area contributed by atoms with Crippen LogP contribution in [0.5, 0.6) is 0 Å². The Balaban J connectivity index is -0.000000283. The van der Waals surface area contributed by atoms with Gasteiger partial charge in [0.1, 0.15) is 23.3 Å². The van der Waals surface area contributed by atoms with Gasteiger partial charge in [-0.05, 0) is 12.8 Å². The van der Waals surface area contributed by atoms with E-state index in [9.17, 15) is 9.59 Å². The van der Waals surface area contributed by atoms with Crippen molar-refractivity contribution in [2.24, 2.45) is 0 Å². The smallest absolute Gasteiger partial charge is 0.345 e. The quantitative estimate of drug-likeness (QED) is 0.279. The molecule has 0 aliphatic rings. The topological polar surface area (TPSA) is 163 Å². The van der Waals surface area contributed by atoms with E-state index in [1.54, 1.807) is 0 Å². The van der Waals surface area contributed by atoms with Crippen molar-refractivity contribution in [2.75, 3.05) is 13.2 Å². The van der Waals surface area contributed by atoms with E-state index in [1.165, 1.54) is 25.0 Å². The summed E-state index contributed by atoms with van der Waals surface area (Å²) >= 11 is 0. The molecule has 24 heavy (non-hydrogen) atoms. The molecular formula is C16H24N2O6. The van der Waals surface area contributed by atoms with E-state index in [0.29, 0.717) is 13.2 Å². The van der Waals surface area contributed by atoms with Crippen LogP contribution in [0.3, 0.4) is 0 Å². The molecule has 0 amide bonds. The second-order valence-corrected chi connectivity index (χ2v) is 4.36. The van der Waals surface area contributed by atoms with Crippen molar-refractivity contribution < 1.29 is 30.0 Å². The van der Waals surface area contributed by atoms with Crippen molar-refractivity contribution in [1.29, 1.82) is 10.5 Å². The highest BCUT2D eigenvalue weighted by Gasteiger charge is 1.98. The van der Waals surface area contributed by atoms with Crippen LogP contribution in [0, 0.1) is 22.7 Å². The molecule has 0 saturated heterocycles. The summed E-state index contributed by atoms with van der Waals surface area (Å²) in [5.74, 6) is -2.52. The molecule has 0 bridgehead atoms. The fourth-order valence-corrected chi connectivity index (χ4v) is 1.03. The number of nitrogens with zero attached hydrogens (tertiary/aromatic N) is 2. The van der Waals surface area contributed by atoms with Gasteiger partial charge in [-0.15, -0.1) is 0 Å². The number of nitriles is 2. The summed E-state index contributed by atoms with van der Waals surface area (Å²) < 4.78 is 0. The van der Waals surface area contributed by atoms with Gasteiger partial charge < -0.3 is 20.4 Å². The van der Waals surface area contributed by atoms with E-state index >= 15 is 0 Å². The first-order valence-electron chi connectivity index (χ1n) is 7.14. The van der Waals surface area contributed by atoms with Crippen LogP contribution >= 0.6 is 0 Å². The summed E-state index contributed by atoms with van der Waals surface area (Å²) in [5.41, 5.74) is -0.861. The number of hydrogen-bond acceptors (Lipinski definition) is 6. The highest BCUT2D eigenvalue weighted by Crippen LogP contribution is 2.03. The molecule has 0 aromatic heterocycles. The molecule has 0 radical (unpaired) electrons. The fourth-order valence-electron chi connectivity index (χ4n) is 1.03. The Morgan fingerprint density at radius 3 is 1.08 bits per heavy atom. The third-order valence-electron chi connectivity index (χ3n) is 2.35. The zero-order valence-electron chi connectivity index (χ0n) is 13.6. The number of carboxylic acids is 2. The maximum absolute atomic E-state index is 9.61. The molecular weight excluding hydrogens is 316 g/mol. The van der Waals surface area contributed by atoms with E-state index in [2.05, 4.69) is 13.2 Å². The van der Waals surface area contributed by atoms with E-state index < -0.39 is 23.1 Å². The number of carboxylic acid groups (broad SMARTS) is 2. The number of aliphatic hydroxyl groups excluding tert-OH is 2. The van der Waals surface area contributed by atoms with Crippen molar-refractivity contribution in [3.8, 4) is 12.1 Å². The van der Waals surface area contributed by atoms with Crippen LogP contribution in [0.15, 0.2) is 24.3 Å². The SMILES string of the molecule is C=C(C#N)C(=O)O.C=C(C#N)C(=O)O.OCCCCCCCCO. The van der Waals surface area contributed by atoms with Crippen molar-refractivity contribution in [2.45, 2.75) is 38.5 Å². The maximum atomic E-state index is 9.61. The molecule has 0 spiro atoms. The van der Waals surface area contributed by atoms with Gasteiger partial charge in [-0.3, -0.25) is 0 Å². The van der Waals surface area contributed by atoms with Gasteiger partial charge in [0.2, 0.25) is 0 Å². The van der Waals surface area contributed by atoms with Crippen LogP contribution in [0.1, 0.15) is 38.5 Å². The monoisotopic (exact) mass is 340 g/mol. The van der Waals surface area contributed by atoms with Gasteiger partial charge in [-0.2, -0.15) is 10.5 Å². The summed E-state index contributed by atoms with van der Waals surface area (Å²) in [7, 11) is 0. The van der Waals surface area contributed by atoms with E-state index in [4.69, 9.17) is 30.9 Å². The molecule has 0 aromatic rings. The van der Waals surface area contributed by atoms with Gasteiger partial charge >= 0.3 is 11.9 Å². The third kappa shape index (κ3) is 24.3. The summed E-state index contributed by atoms with van der Waals surface area (Å²) in [5, 5.41) is 48.1. The lowest BCUT2D eigenvalue weighted by Crippen LogP contribution is -1.94. The van der Waals surface area contributed by atoms with Gasteiger partial charge in [0.15, 0.2) is 0 Å². The lowest BCUT2D eigenvalue weighted by molar-refractivity contribution is -0.133. The summed E-state index contributed by atoms with van der Waals surface area (Å²) in [6, 6.07) is 2.74.